The predicted octanol–water partition coefficient (Wildman–Crippen LogP) is 4.07. The molecular formula is C14H20O. The summed E-state index contributed by atoms with van der Waals surface area (Å²) >= 11 is 0. The van der Waals surface area contributed by atoms with Gasteiger partial charge in [-0.2, -0.15) is 0 Å². The van der Waals surface area contributed by atoms with Crippen LogP contribution in [0.2, 0.25) is 0 Å². The highest BCUT2D eigenvalue weighted by molar-refractivity contribution is 5.51. The van der Waals surface area contributed by atoms with E-state index in [0.717, 1.165) is 30.8 Å². The largest absolute Gasteiger partial charge is 0.494 e. The zero-order valence-electron chi connectivity index (χ0n) is 9.75. The molecule has 0 fully saturated rings. The molecule has 0 aromatic heterocycles. The van der Waals surface area contributed by atoms with Crippen LogP contribution in [0.25, 0.3) is 6.08 Å². The Morgan fingerprint density at radius 3 is 2.67 bits per heavy atom. The maximum absolute atomic E-state index is 5.68. The molecule has 0 saturated carbocycles. The van der Waals surface area contributed by atoms with Crippen LogP contribution in [0.1, 0.15) is 37.8 Å². The van der Waals surface area contributed by atoms with Crippen LogP contribution < -0.4 is 4.74 Å². The molecule has 0 N–H and O–H groups in total. The minimum Gasteiger partial charge on any atom is -0.494 e. The first-order valence-corrected chi connectivity index (χ1v) is 5.69. The fraction of sp³-hybridized carbons (Fsp3) is 0.429. The number of aryl methyl sites for hydroxylation is 1. The van der Waals surface area contributed by atoms with E-state index in [-0.39, 0.29) is 0 Å². The maximum Gasteiger partial charge on any atom is 0.120 e. The van der Waals surface area contributed by atoms with Gasteiger partial charge >= 0.3 is 0 Å². The first-order valence-electron chi connectivity index (χ1n) is 5.69. The van der Waals surface area contributed by atoms with Crippen molar-refractivity contribution >= 4 is 6.08 Å². The summed E-state index contributed by atoms with van der Waals surface area (Å²) in [5.74, 6) is 0.970. The number of hydrogen-bond donors (Lipinski definition) is 0. The molecule has 82 valence electrons. The molecule has 0 heterocycles. The summed E-state index contributed by atoms with van der Waals surface area (Å²) in [4.78, 5) is 0. The second-order valence-corrected chi connectivity index (χ2v) is 3.67. The van der Waals surface area contributed by atoms with Crippen molar-refractivity contribution in [2.75, 3.05) is 6.61 Å². The second-order valence-electron chi connectivity index (χ2n) is 3.67. The highest BCUT2D eigenvalue weighted by atomic mass is 16.5. The van der Waals surface area contributed by atoms with E-state index in [4.69, 9.17) is 4.74 Å². The van der Waals surface area contributed by atoms with Crippen molar-refractivity contribution in [3.8, 4) is 5.75 Å². The van der Waals surface area contributed by atoms with Crippen LogP contribution >= 0.6 is 0 Å². The third-order valence-corrected chi connectivity index (χ3v) is 2.40. The number of hydrogen-bond acceptors (Lipinski definition) is 1. The van der Waals surface area contributed by atoms with Gasteiger partial charge in [-0.1, -0.05) is 39.0 Å². The summed E-state index contributed by atoms with van der Waals surface area (Å²) in [6, 6.07) is 6.31. The highest BCUT2D eigenvalue weighted by Crippen LogP contribution is 2.19. The number of rotatable bonds is 6. The van der Waals surface area contributed by atoms with Crippen LogP contribution in [0.5, 0.6) is 5.75 Å². The first-order chi connectivity index (χ1) is 7.30. The quantitative estimate of drug-likeness (QED) is 0.635. The third-order valence-electron chi connectivity index (χ3n) is 2.40. The normalized spacial score (nSPS) is 10.0. The van der Waals surface area contributed by atoms with Gasteiger partial charge in [0, 0.05) is 0 Å². The Morgan fingerprint density at radius 2 is 2.07 bits per heavy atom. The summed E-state index contributed by atoms with van der Waals surface area (Å²) in [6.07, 6.45) is 5.18. The lowest BCUT2D eigenvalue weighted by atomic mass is 10.1. The van der Waals surface area contributed by atoms with Crippen LogP contribution in [-0.4, -0.2) is 6.61 Å². The summed E-state index contributed by atoms with van der Waals surface area (Å²) in [7, 11) is 0. The zero-order valence-corrected chi connectivity index (χ0v) is 9.75. The molecule has 0 atom stereocenters. The van der Waals surface area contributed by atoms with Crippen molar-refractivity contribution in [2.24, 2.45) is 0 Å². The van der Waals surface area contributed by atoms with E-state index >= 15 is 0 Å². The van der Waals surface area contributed by atoms with Gasteiger partial charge in [0.05, 0.1) is 6.61 Å². The molecule has 0 aliphatic heterocycles. The minimum absolute atomic E-state index is 0.806. The summed E-state index contributed by atoms with van der Waals surface area (Å²) in [6.45, 7) is 8.91. The molecule has 1 heteroatoms. The fourth-order valence-electron chi connectivity index (χ4n) is 1.43. The summed E-state index contributed by atoms with van der Waals surface area (Å²) in [5, 5.41) is 0. The van der Waals surface area contributed by atoms with E-state index in [9.17, 15) is 0 Å². The second kappa shape index (κ2) is 6.28. The van der Waals surface area contributed by atoms with E-state index in [1.165, 1.54) is 12.0 Å². The lowest BCUT2D eigenvalue weighted by Gasteiger charge is -2.08. The Labute approximate surface area is 92.8 Å². The molecule has 0 aliphatic carbocycles. The van der Waals surface area contributed by atoms with Gasteiger partial charge < -0.3 is 4.74 Å². The summed E-state index contributed by atoms with van der Waals surface area (Å²) < 4.78 is 5.68. The minimum atomic E-state index is 0.806. The molecule has 0 radical (unpaired) electrons. The van der Waals surface area contributed by atoms with Gasteiger partial charge in [-0.25, -0.2) is 0 Å². The lowest BCUT2D eigenvalue weighted by molar-refractivity contribution is 0.309. The van der Waals surface area contributed by atoms with E-state index in [0.29, 0.717) is 0 Å². The molecule has 0 saturated heterocycles. The molecule has 1 aromatic rings. The molecule has 0 aliphatic rings. The monoisotopic (exact) mass is 204 g/mol. The molecule has 15 heavy (non-hydrogen) atoms. The average molecular weight is 204 g/mol. The molecule has 1 aromatic carbocycles. The van der Waals surface area contributed by atoms with Crippen molar-refractivity contribution in [3.05, 3.63) is 35.9 Å². The van der Waals surface area contributed by atoms with Crippen LogP contribution in [0.3, 0.4) is 0 Å². The zero-order chi connectivity index (χ0) is 11.1. The van der Waals surface area contributed by atoms with E-state index in [1.807, 2.05) is 12.1 Å². The predicted molar refractivity (Wildman–Crippen MR) is 66.3 cm³/mol. The molecule has 0 spiro atoms. The Balaban J connectivity index is 2.73. The maximum atomic E-state index is 5.68. The van der Waals surface area contributed by atoms with Crippen molar-refractivity contribution in [2.45, 2.75) is 33.1 Å². The average Bonchev–Trinajstić information content (AvgIpc) is 2.29. The van der Waals surface area contributed by atoms with E-state index in [1.54, 1.807) is 0 Å². The Morgan fingerprint density at radius 1 is 1.27 bits per heavy atom. The number of ether oxygens (including phenoxy) is 1. The molecule has 0 bridgehead atoms. The molecule has 1 nitrogen and oxygen atoms in total. The van der Waals surface area contributed by atoms with Crippen molar-refractivity contribution in [1.82, 2.24) is 0 Å². The lowest BCUT2D eigenvalue weighted by Crippen LogP contribution is -1.97. The SMILES string of the molecule is C=Cc1cc(CC)cc(OCCCC)c1. The molecule has 0 unspecified atom stereocenters. The standard InChI is InChI=1S/C14H20O/c1-4-7-8-15-14-10-12(5-2)9-13(6-3)11-14/h5,9-11H,2,4,6-8H2,1,3H3. The van der Waals surface area contributed by atoms with Gasteiger partial charge in [-0.15, -0.1) is 0 Å². The van der Waals surface area contributed by atoms with Crippen molar-refractivity contribution in [1.29, 1.82) is 0 Å². The fourth-order valence-corrected chi connectivity index (χ4v) is 1.43. The number of benzene rings is 1. The van der Waals surface area contributed by atoms with Gasteiger partial charge in [0.25, 0.3) is 0 Å². The summed E-state index contributed by atoms with van der Waals surface area (Å²) in [5.41, 5.74) is 2.44. The third kappa shape index (κ3) is 3.78. The van der Waals surface area contributed by atoms with Crippen LogP contribution in [0, 0.1) is 0 Å². The van der Waals surface area contributed by atoms with Crippen molar-refractivity contribution in [3.63, 3.8) is 0 Å². The molecular weight excluding hydrogens is 184 g/mol. The van der Waals surface area contributed by atoms with Gasteiger partial charge in [-0.05, 0) is 36.1 Å². The highest BCUT2D eigenvalue weighted by Gasteiger charge is 1.98. The van der Waals surface area contributed by atoms with E-state index in [2.05, 4.69) is 32.6 Å². The van der Waals surface area contributed by atoms with Gasteiger partial charge in [-0.3, -0.25) is 0 Å². The van der Waals surface area contributed by atoms with E-state index < -0.39 is 0 Å². The molecule has 0 amide bonds. The Bertz CT molecular complexity index is 315. The van der Waals surface area contributed by atoms with Crippen LogP contribution in [0.15, 0.2) is 24.8 Å². The van der Waals surface area contributed by atoms with Crippen molar-refractivity contribution < 1.29 is 4.74 Å². The molecule has 1 rings (SSSR count). The topological polar surface area (TPSA) is 9.23 Å². The van der Waals surface area contributed by atoms with Gasteiger partial charge in [0.15, 0.2) is 0 Å². The first kappa shape index (κ1) is 11.8. The smallest absolute Gasteiger partial charge is 0.120 e. The van der Waals surface area contributed by atoms with Crippen LogP contribution in [0.4, 0.5) is 0 Å². The van der Waals surface area contributed by atoms with Gasteiger partial charge in [0.1, 0.15) is 5.75 Å². The Kier molecular flexibility index (Phi) is 4.96. The number of unbranched alkanes of at least 4 members (excludes halogenated alkanes) is 1. The Hall–Kier alpha value is -1.24. The van der Waals surface area contributed by atoms with Gasteiger partial charge in [0.2, 0.25) is 0 Å². The van der Waals surface area contributed by atoms with Crippen LogP contribution in [-0.2, 0) is 6.42 Å².